The first-order valence-corrected chi connectivity index (χ1v) is 8.98. The third kappa shape index (κ3) is 4.64. The summed E-state index contributed by atoms with van der Waals surface area (Å²) in [5.41, 5.74) is 0. The molecule has 0 radical (unpaired) electrons. The normalized spacial score (nSPS) is 26.8. The van der Waals surface area contributed by atoms with E-state index in [2.05, 4.69) is 16.7 Å². The molecular weight excluding hydrogens is 294 g/mol. The maximum Gasteiger partial charge on any atom is 0.307 e. The van der Waals surface area contributed by atoms with Crippen LogP contribution in [0.1, 0.15) is 25.7 Å². The van der Waals surface area contributed by atoms with Gasteiger partial charge in [0.15, 0.2) is 0 Å². The van der Waals surface area contributed by atoms with Gasteiger partial charge in [-0.1, -0.05) is 0 Å². The van der Waals surface area contributed by atoms with Crippen molar-refractivity contribution in [2.75, 3.05) is 39.8 Å². The molecule has 1 atom stereocenters. The highest BCUT2D eigenvalue weighted by Crippen LogP contribution is 2.20. The van der Waals surface area contributed by atoms with Crippen molar-refractivity contribution in [2.45, 2.75) is 25.7 Å². The van der Waals surface area contributed by atoms with Crippen molar-refractivity contribution in [2.24, 2.45) is 11.8 Å². The number of hydrogen-bond donors (Lipinski definition) is 2. The van der Waals surface area contributed by atoms with Crippen molar-refractivity contribution in [3.05, 3.63) is 0 Å². The Morgan fingerprint density at radius 2 is 1.90 bits per heavy atom. The SMILES string of the molecule is CN1CCC(CNS(=O)(=O)N2CCCC(C(=O)O)C2)CC1. The molecular formula is C13H25N3O4S. The lowest BCUT2D eigenvalue weighted by atomic mass is 9.98. The van der Waals surface area contributed by atoms with Gasteiger partial charge >= 0.3 is 5.97 Å². The summed E-state index contributed by atoms with van der Waals surface area (Å²) in [5.74, 6) is -1.13. The summed E-state index contributed by atoms with van der Waals surface area (Å²) in [6.45, 7) is 2.93. The Morgan fingerprint density at radius 1 is 1.24 bits per heavy atom. The average Bonchev–Trinajstić information content (AvgIpc) is 2.47. The molecule has 2 aliphatic heterocycles. The summed E-state index contributed by atoms with van der Waals surface area (Å²) in [6, 6.07) is 0. The summed E-state index contributed by atoms with van der Waals surface area (Å²) in [6.07, 6.45) is 3.15. The second kappa shape index (κ2) is 7.04. The summed E-state index contributed by atoms with van der Waals surface area (Å²) in [5, 5.41) is 9.03. The molecule has 0 aliphatic carbocycles. The fraction of sp³-hybridized carbons (Fsp3) is 0.923. The van der Waals surface area contributed by atoms with E-state index < -0.39 is 22.1 Å². The minimum atomic E-state index is -3.56. The predicted octanol–water partition coefficient (Wildman–Crippen LogP) is -0.0408. The molecule has 122 valence electrons. The van der Waals surface area contributed by atoms with Crippen molar-refractivity contribution in [3.8, 4) is 0 Å². The number of nitrogens with zero attached hydrogens (tertiary/aromatic N) is 2. The number of aliphatic carboxylic acids is 1. The van der Waals surface area contributed by atoms with E-state index in [0.29, 0.717) is 31.8 Å². The van der Waals surface area contributed by atoms with Gasteiger partial charge in [-0.2, -0.15) is 12.7 Å². The van der Waals surface area contributed by atoms with Crippen molar-refractivity contribution in [1.82, 2.24) is 13.9 Å². The van der Waals surface area contributed by atoms with Crippen LogP contribution in [0, 0.1) is 11.8 Å². The highest BCUT2D eigenvalue weighted by atomic mass is 32.2. The molecule has 0 saturated carbocycles. The molecule has 7 nitrogen and oxygen atoms in total. The van der Waals surface area contributed by atoms with Crippen molar-refractivity contribution >= 4 is 16.2 Å². The van der Waals surface area contributed by atoms with Gasteiger partial charge in [0.2, 0.25) is 0 Å². The van der Waals surface area contributed by atoms with E-state index in [1.807, 2.05) is 0 Å². The van der Waals surface area contributed by atoms with Crippen molar-refractivity contribution < 1.29 is 18.3 Å². The number of hydrogen-bond acceptors (Lipinski definition) is 4. The molecule has 0 spiro atoms. The Bertz CT molecular complexity index is 460. The first-order valence-electron chi connectivity index (χ1n) is 7.54. The van der Waals surface area contributed by atoms with Gasteiger partial charge in [0, 0.05) is 19.6 Å². The standard InChI is InChI=1S/C13H25N3O4S/c1-15-7-4-11(5-8-15)9-14-21(19,20)16-6-2-3-12(10-16)13(17)18/h11-12,14H,2-10H2,1H3,(H,17,18). The van der Waals surface area contributed by atoms with Gasteiger partial charge in [0.05, 0.1) is 5.92 Å². The zero-order valence-electron chi connectivity index (χ0n) is 12.5. The van der Waals surface area contributed by atoms with E-state index in [1.165, 1.54) is 4.31 Å². The minimum Gasteiger partial charge on any atom is -0.481 e. The third-order valence-electron chi connectivity index (χ3n) is 4.47. The lowest BCUT2D eigenvalue weighted by Crippen LogP contribution is -2.48. The van der Waals surface area contributed by atoms with Crippen molar-refractivity contribution in [1.29, 1.82) is 0 Å². The van der Waals surface area contributed by atoms with Gasteiger partial charge in [0.25, 0.3) is 10.2 Å². The Morgan fingerprint density at radius 3 is 2.52 bits per heavy atom. The molecule has 2 aliphatic rings. The van der Waals surface area contributed by atoms with Gasteiger partial charge in [-0.05, 0) is 51.7 Å². The first-order chi connectivity index (χ1) is 9.88. The van der Waals surface area contributed by atoms with Crippen LogP contribution in [0.5, 0.6) is 0 Å². The largest absolute Gasteiger partial charge is 0.481 e. The van der Waals surface area contributed by atoms with Crippen LogP contribution >= 0.6 is 0 Å². The maximum absolute atomic E-state index is 12.3. The molecule has 1 unspecified atom stereocenters. The van der Waals surface area contributed by atoms with Gasteiger partial charge in [-0.15, -0.1) is 0 Å². The van der Waals surface area contributed by atoms with E-state index in [-0.39, 0.29) is 6.54 Å². The number of carboxylic acid groups (broad SMARTS) is 1. The van der Waals surface area contributed by atoms with Crippen molar-refractivity contribution in [3.63, 3.8) is 0 Å². The summed E-state index contributed by atoms with van der Waals surface area (Å²) >= 11 is 0. The maximum atomic E-state index is 12.3. The van der Waals surface area contributed by atoms with Gasteiger partial charge in [-0.25, -0.2) is 4.72 Å². The van der Waals surface area contributed by atoms with Gasteiger partial charge < -0.3 is 10.0 Å². The van der Waals surface area contributed by atoms with Crippen LogP contribution in [0.2, 0.25) is 0 Å². The summed E-state index contributed by atoms with van der Waals surface area (Å²) in [7, 11) is -1.49. The molecule has 2 rings (SSSR count). The van der Waals surface area contributed by atoms with E-state index in [1.54, 1.807) is 0 Å². The molecule has 0 aromatic carbocycles. The monoisotopic (exact) mass is 319 g/mol. The zero-order valence-corrected chi connectivity index (χ0v) is 13.3. The van der Waals surface area contributed by atoms with E-state index in [4.69, 9.17) is 5.11 Å². The smallest absolute Gasteiger partial charge is 0.307 e. The summed E-state index contributed by atoms with van der Waals surface area (Å²) < 4.78 is 28.5. The van der Waals surface area contributed by atoms with Crippen LogP contribution in [0.3, 0.4) is 0 Å². The molecule has 2 fully saturated rings. The molecule has 2 heterocycles. The fourth-order valence-electron chi connectivity index (χ4n) is 2.94. The number of rotatable bonds is 5. The molecule has 0 aromatic rings. The molecule has 8 heteroatoms. The molecule has 0 bridgehead atoms. The Labute approximate surface area is 126 Å². The molecule has 0 aromatic heterocycles. The van der Waals surface area contributed by atoms with Crippen LogP contribution in [-0.4, -0.2) is 68.5 Å². The lowest BCUT2D eigenvalue weighted by Gasteiger charge is -2.32. The molecule has 0 amide bonds. The highest BCUT2D eigenvalue weighted by Gasteiger charge is 2.32. The van der Waals surface area contributed by atoms with E-state index in [0.717, 1.165) is 25.9 Å². The summed E-state index contributed by atoms with van der Waals surface area (Å²) in [4.78, 5) is 13.3. The van der Waals surface area contributed by atoms with Crippen LogP contribution in [0.25, 0.3) is 0 Å². The van der Waals surface area contributed by atoms with Crippen LogP contribution in [0.15, 0.2) is 0 Å². The second-order valence-corrected chi connectivity index (χ2v) is 7.89. The molecule has 2 N–H and O–H groups in total. The van der Waals surface area contributed by atoms with E-state index in [9.17, 15) is 13.2 Å². The predicted molar refractivity (Wildman–Crippen MR) is 79.1 cm³/mol. The Balaban J connectivity index is 1.85. The number of carbonyl (C=O) groups is 1. The number of nitrogens with one attached hydrogen (secondary N) is 1. The quantitative estimate of drug-likeness (QED) is 0.742. The van der Waals surface area contributed by atoms with Crippen LogP contribution in [0.4, 0.5) is 0 Å². The number of likely N-dealkylation sites (tertiary alicyclic amines) is 1. The van der Waals surface area contributed by atoms with Gasteiger partial charge in [0.1, 0.15) is 0 Å². The number of carboxylic acids is 1. The first kappa shape index (κ1) is 16.7. The lowest BCUT2D eigenvalue weighted by molar-refractivity contribution is -0.142. The third-order valence-corrected chi connectivity index (χ3v) is 6.01. The molecule has 21 heavy (non-hydrogen) atoms. The van der Waals surface area contributed by atoms with Gasteiger partial charge in [-0.3, -0.25) is 4.79 Å². The van der Waals surface area contributed by atoms with E-state index >= 15 is 0 Å². The topological polar surface area (TPSA) is 90.0 Å². The average molecular weight is 319 g/mol. The molecule has 2 saturated heterocycles. The number of piperidine rings is 2. The fourth-order valence-corrected chi connectivity index (χ4v) is 4.32. The minimum absolute atomic E-state index is 0.0814. The van der Waals surface area contributed by atoms with Crippen LogP contribution < -0.4 is 4.72 Å². The highest BCUT2D eigenvalue weighted by molar-refractivity contribution is 7.87. The Kier molecular flexibility index (Phi) is 5.59. The van der Waals surface area contributed by atoms with Crippen LogP contribution in [-0.2, 0) is 15.0 Å². The second-order valence-electron chi connectivity index (χ2n) is 6.14. The zero-order chi connectivity index (χ0) is 15.5. The Hall–Kier alpha value is -0.700.